The highest BCUT2D eigenvalue weighted by molar-refractivity contribution is 7.26. The lowest BCUT2D eigenvalue weighted by Gasteiger charge is -2.12. The van der Waals surface area contributed by atoms with Crippen LogP contribution in [0.25, 0.3) is 29.9 Å². The van der Waals surface area contributed by atoms with Crippen LogP contribution in [0.3, 0.4) is 0 Å². The molecule has 0 radical (unpaired) electrons. The van der Waals surface area contributed by atoms with E-state index in [1.807, 2.05) is 34.0 Å². The Morgan fingerprint density at radius 2 is 1.76 bits per heavy atom. The molecule has 3 heteroatoms. The second-order valence-electron chi connectivity index (χ2n) is 6.85. The minimum Gasteiger partial charge on any atom is -0.144 e. The average Bonchev–Trinajstić information content (AvgIpc) is 3.34. The zero-order valence-corrected chi connectivity index (χ0v) is 17.3. The summed E-state index contributed by atoms with van der Waals surface area (Å²) in [7, 11) is 0. The molecular weight excluding hydrogens is 360 g/mol. The van der Waals surface area contributed by atoms with Crippen LogP contribution >= 0.6 is 34.0 Å². The van der Waals surface area contributed by atoms with Gasteiger partial charge in [0.1, 0.15) is 0 Å². The van der Waals surface area contributed by atoms with Gasteiger partial charge >= 0.3 is 0 Å². The van der Waals surface area contributed by atoms with Crippen molar-refractivity contribution >= 4 is 54.2 Å². The number of hydrogen-bond donors (Lipinski definition) is 0. The van der Waals surface area contributed by atoms with Crippen molar-refractivity contribution in [2.24, 2.45) is 5.92 Å². The Kier molecular flexibility index (Phi) is 5.25. The number of unbranched alkanes of at least 4 members (excludes halogenated alkanes) is 1. The lowest BCUT2D eigenvalue weighted by Crippen LogP contribution is -2.01. The highest BCUT2D eigenvalue weighted by Crippen LogP contribution is 2.40. The normalized spacial score (nSPS) is 13.0. The van der Waals surface area contributed by atoms with Crippen molar-refractivity contribution in [2.75, 3.05) is 0 Å². The molecule has 0 spiro atoms. The molecule has 130 valence electrons. The quantitative estimate of drug-likeness (QED) is 0.299. The smallest absolute Gasteiger partial charge is 0.0455 e. The molecule has 4 rings (SSSR count). The molecular formula is C22H24S3. The zero-order valence-electron chi connectivity index (χ0n) is 14.9. The van der Waals surface area contributed by atoms with Gasteiger partial charge in [-0.15, -0.1) is 34.0 Å². The minimum atomic E-state index is 0.848. The van der Waals surface area contributed by atoms with Gasteiger partial charge in [-0.05, 0) is 64.9 Å². The van der Waals surface area contributed by atoms with Crippen LogP contribution in [-0.2, 0) is 6.42 Å². The molecule has 0 aliphatic carbocycles. The fraction of sp³-hybridized carbons (Fsp3) is 0.364. The lowest BCUT2D eigenvalue weighted by atomic mass is 9.95. The predicted octanol–water partition coefficient (Wildman–Crippen LogP) is 8.60. The Hall–Kier alpha value is -1.16. The van der Waals surface area contributed by atoms with Gasteiger partial charge in [-0.3, -0.25) is 0 Å². The number of fused-ring (bicyclic) bond motifs is 2. The minimum absolute atomic E-state index is 0.848. The van der Waals surface area contributed by atoms with E-state index in [4.69, 9.17) is 0 Å². The summed E-state index contributed by atoms with van der Waals surface area (Å²) in [6, 6.07) is 14.0. The second-order valence-corrected chi connectivity index (χ2v) is 10.0. The first-order chi connectivity index (χ1) is 12.3. The summed E-state index contributed by atoms with van der Waals surface area (Å²) >= 11 is 5.77. The van der Waals surface area contributed by atoms with E-state index < -0.39 is 0 Å². The molecule has 0 N–H and O–H groups in total. The molecule has 25 heavy (non-hydrogen) atoms. The summed E-state index contributed by atoms with van der Waals surface area (Å²) in [6.07, 6.45) is 6.60. The van der Waals surface area contributed by atoms with E-state index in [1.54, 1.807) is 4.88 Å². The molecule has 0 fully saturated rings. The predicted molar refractivity (Wildman–Crippen MR) is 118 cm³/mol. The second kappa shape index (κ2) is 7.61. The van der Waals surface area contributed by atoms with Gasteiger partial charge in [0.05, 0.1) is 0 Å². The number of hydrogen-bond acceptors (Lipinski definition) is 3. The molecule has 0 saturated carbocycles. The summed E-state index contributed by atoms with van der Waals surface area (Å²) in [6.45, 7) is 4.63. The first kappa shape index (κ1) is 17.3. The van der Waals surface area contributed by atoms with Crippen LogP contribution in [0.1, 0.15) is 44.4 Å². The Labute approximate surface area is 162 Å². The van der Waals surface area contributed by atoms with Gasteiger partial charge in [0.2, 0.25) is 0 Å². The molecule has 0 saturated heterocycles. The van der Waals surface area contributed by atoms with Crippen molar-refractivity contribution in [2.45, 2.75) is 46.0 Å². The Morgan fingerprint density at radius 1 is 0.880 bits per heavy atom. The lowest BCUT2D eigenvalue weighted by molar-refractivity contribution is 0.452. The molecule has 1 atom stereocenters. The van der Waals surface area contributed by atoms with Gasteiger partial charge in [-0.1, -0.05) is 39.5 Å². The van der Waals surface area contributed by atoms with Crippen LogP contribution in [-0.4, -0.2) is 0 Å². The van der Waals surface area contributed by atoms with Gasteiger partial charge in [0, 0.05) is 24.0 Å². The molecule has 1 unspecified atom stereocenters. The zero-order chi connectivity index (χ0) is 17.2. The van der Waals surface area contributed by atoms with Crippen LogP contribution in [0.5, 0.6) is 0 Å². The fourth-order valence-electron chi connectivity index (χ4n) is 3.46. The average molecular weight is 385 g/mol. The van der Waals surface area contributed by atoms with Crippen LogP contribution in [0.2, 0.25) is 0 Å². The van der Waals surface area contributed by atoms with E-state index in [2.05, 4.69) is 55.6 Å². The van der Waals surface area contributed by atoms with E-state index in [0.29, 0.717) is 0 Å². The van der Waals surface area contributed by atoms with Crippen molar-refractivity contribution in [3.05, 3.63) is 46.7 Å². The van der Waals surface area contributed by atoms with Crippen LogP contribution in [0.4, 0.5) is 0 Å². The number of benzene rings is 1. The maximum Gasteiger partial charge on any atom is 0.0455 e. The Balaban J connectivity index is 1.57. The molecule has 0 aliphatic heterocycles. The first-order valence-electron chi connectivity index (χ1n) is 9.26. The third-order valence-corrected chi connectivity index (χ3v) is 8.31. The number of thiophene rings is 3. The third-order valence-electron chi connectivity index (χ3n) is 5.03. The van der Waals surface area contributed by atoms with Crippen molar-refractivity contribution < 1.29 is 0 Å². The summed E-state index contributed by atoms with van der Waals surface area (Å²) in [5, 5.41) is 4.95. The fourth-order valence-corrected chi connectivity index (χ4v) is 6.58. The van der Waals surface area contributed by atoms with Crippen molar-refractivity contribution in [1.82, 2.24) is 0 Å². The molecule has 3 heterocycles. The highest BCUT2D eigenvalue weighted by atomic mass is 32.1. The Morgan fingerprint density at radius 3 is 2.60 bits per heavy atom. The van der Waals surface area contributed by atoms with E-state index in [9.17, 15) is 0 Å². The van der Waals surface area contributed by atoms with Gasteiger partial charge in [-0.2, -0.15) is 0 Å². The maximum atomic E-state index is 2.38. The molecule has 0 aliphatic rings. The molecule has 0 nitrogen and oxygen atoms in total. The van der Waals surface area contributed by atoms with Gasteiger partial charge in [0.25, 0.3) is 0 Å². The van der Waals surface area contributed by atoms with Crippen LogP contribution in [0.15, 0.2) is 41.8 Å². The van der Waals surface area contributed by atoms with Gasteiger partial charge < -0.3 is 0 Å². The van der Waals surface area contributed by atoms with E-state index in [0.717, 1.165) is 5.92 Å². The van der Waals surface area contributed by atoms with E-state index in [1.165, 1.54) is 62.0 Å². The molecule has 0 bridgehead atoms. The highest BCUT2D eigenvalue weighted by Gasteiger charge is 2.12. The molecule has 0 amide bonds. The van der Waals surface area contributed by atoms with Crippen molar-refractivity contribution in [3.63, 3.8) is 0 Å². The van der Waals surface area contributed by atoms with Crippen LogP contribution in [0, 0.1) is 5.92 Å². The molecule has 3 aromatic heterocycles. The largest absolute Gasteiger partial charge is 0.144 e. The summed E-state index contributed by atoms with van der Waals surface area (Å²) in [5.41, 5.74) is 0. The summed E-state index contributed by atoms with van der Waals surface area (Å²) in [4.78, 5) is 4.41. The topological polar surface area (TPSA) is 0 Å². The maximum absolute atomic E-state index is 2.38. The summed E-state index contributed by atoms with van der Waals surface area (Å²) < 4.78 is 2.80. The monoisotopic (exact) mass is 384 g/mol. The number of rotatable bonds is 7. The van der Waals surface area contributed by atoms with Crippen LogP contribution < -0.4 is 0 Å². The Bertz CT molecular complexity index is 922. The van der Waals surface area contributed by atoms with Gasteiger partial charge in [0.15, 0.2) is 0 Å². The summed E-state index contributed by atoms with van der Waals surface area (Å²) in [5.74, 6) is 0.848. The first-order valence-corrected chi connectivity index (χ1v) is 11.8. The molecule has 4 aromatic rings. The van der Waals surface area contributed by atoms with E-state index in [-0.39, 0.29) is 0 Å². The molecule has 1 aromatic carbocycles. The van der Waals surface area contributed by atoms with Crippen molar-refractivity contribution in [1.29, 1.82) is 0 Å². The van der Waals surface area contributed by atoms with Crippen molar-refractivity contribution in [3.8, 4) is 9.75 Å². The van der Waals surface area contributed by atoms with Gasteiger partial charge in [-0.25, -0.2) is 0 Å². The van der Waals surface area contributed by atoms with E-state index >= 15 is 0 Å². The standard InChI is InChI=1S/C22H24S3/c1-3-5-6-15(4-2)11-18-7-8-19(24-18)22-14-17-13-20-16(9-10-23-20)12-21(17)25-22/h7-10,12-15H,3-6,11H2,1-2H3. The third kappa shape index (κ3) is 3.69. The SMILES string of the molecule is CCCCC(CC)Cc1ccc(-c2cc3cc4sccc4cc3s2)s1.